The van der Waals surface area contributed by atoms with Gasteiger partial charge in [-0.25, -0.2) is 8.78 Å². The monoisotopic (exact) mass is 617 g/mol. The van der Waals surface area contributed by atoms with Gasteiger partial charge >= 0.3 is 0 Å². The number of halogens is 2. The molecule has 3 aromatic rings. The number of carbonyl (C=O) groups excluding carboxylic acids is 3. The minimum Gasteiger partial charge on any atom is -0.339 e. The highest BCUT2D eigenvalue weighted by atomic mass is 19.3. The number of fused-ring (bicyclic) bond motifs is 1. The quantitative estimate of drug-likeness (QED) is 0.223. The van der Waals surface area contributed by atoms with E-state index in [2.05, 4.69) is 10.2 Å². The molecule has 0 bridgehead atoms. The van der Waals surface area contributed by atoms with E-state index in [0.717, 1.165) is 23.8 Å². The molecule has 0 aromatic heterocycles. The van der Waals surface area contributed by atoms with E-state index in [9.17, 15) is 24.5 Å². The van der Waals surface area contributed by atoms with Crippen molar-refractivity contribution in [2.75, 3.05) is 43.9 Å². The molecule has 0 saturated carbocycles. The van der Waals surface area contributed by atoms with Crippen LogP contribution in [-0.2, 0) is 4.79 Å². The molecule has 0 aliphatic carbocycles. The molecule has 3 aromatic carbocycles. The normalized spacial score (nSPS) is 17.5. The molecule has 45 heavy (non-hydrogen) atoms. The minimum atomic E-state index is -3.48. The van der Waals surface area contributed by atoms with Crippen LogP contribution < -0.4 is 10.2 Å². The molecule has 0 radical (unpaired) electrons. The Bertz CT molecular complexity index is 1650. The molecule has 3 amide bonds. The number of piperidine rings is 1. The number of alkyl halides is 2. The number of nitro groups is 1. The Balaban J connectivity index is 1.50. The Morgan fingerprint density at radius 2 is 1.58 bits per heavy atom. The van der Waals surface area contributed by atoms with Crippen LogP contribution in [0, 0.1) is 10.1 Å². The van der Waals surface area contributed by atoms with Crippen molar-refractivity contribution in [3.8, 4) is 0 Å². The van der Waals surface area contributed by atoms with Crippen LogP contribution in [0.5, 0.6) is 0 Å². The number of nitrogens with zero attached hydrogens (tertiary/aromatic N) is 4. The van der Waals surface area contributed by atoms with Crippen molar-refractivity contribution in [2.45, 2.75) is 31.2 Å². The van der Waals surface area contributed by atoms with Gasteiger partial charge < -0.3 is 20.0 Å². The van der Waals surface area contributed by atoms with Gasteiger partial charge in [0, 0.05) is 55.0 Å². The third kappa shape index (κ3) is 6.60. The van der Waals surface area contributed by atoms with Crippen molar-refractivity contribution in [2.24, 2.45) is 0 Å². The summed E-state index contributed by atoms with van der Waals surface area (Å²) in [6, 6.07) is 18.3. The van der Waals surface area contributed by atoms with Gasteiger partial charge in [-0.15, -0.1) is 0 Å². The second kappa shape index (κ2) is 12.9. The second-order valence-corrected chi connectivity index (χ2v) is 11.3. The molecule has 12 heteroatoms. The summed E-state index contributed by atoms with van der Waals surface area (Å²) in [5.41, 5.74) is -1.58. The molecule has 5 rings (SSSR count). The molecule has 2 aliphatic heterocycles. The maximum atomic E-state index is 15.8. The Kier molecular flexibility index (Phi) is 9.05. The number of anilines is 2. The molecule has 1 saturated heterocycles. The van der Waals surface area contributed by atoms with E-state index in [-0.39, 0.29) is 16.8 Å². The summed E-state index contributed by atoms with van der Waals surface area (Å²) in [6.07, 6.45) is 1.58. The van der Waals surface area contributed by atoms with Crippen LogP contribution in [0.3, 0.4) is 0 Å². The SMILES string of the molecule is CN(C)C1CCN(C(=O)C=C2c3ccccc3N(C(=O)c3cccc(C(=O)Nc4ccccc4)c3[N+](=O)[O-])CCC2(F)F)CC1. The first kappa shape index (κ1) is 31.5. The van der Waals surface area contributed by atoms with E-state index in [1.165, 1.54) is 36.4 Å². The van der Waals surface area contributed by atoms with Gasteiger partial charge in [-0.3, -0.25) is 24.5 Å². The van der Waals surface area contributed by atoms with Gasteiger partial charge in [-0.2, -0.15) is 0 Å². The summed E-state index contributed by atoms with van der Waals surface area (Å²) in [5.74, 6) is -5.74. The van der Waals surface area contributed by atoms with Crippen molar-refractivity contribution in [1.82, 2.24) is 9.80 Å². The van der Waals surface area contributed by atoms with Crippen molar-refractivity contribution in [3.05, 3.63) is 106 Å². The number of hydrogen-bond donors (Lipinski definition) is 1. The predicted molar refractivity (Wildman–Crippen MR) is 166 cm³/mol. The van der Waals surface area contributed by atoms with E-state index < -0.39 is 58.4 Å². The zero-order valence-corrected chi connectivity index (χ0v) is 24.9. The lowest BCUT2D eigenvalue weighted by molar-refractivity contribution is -0.385. The van der Waals surface area contributed by atoms with E-state index in [1.54, 1.807) is 41.3 Å². The first-order chi connectivity index (χ1) is 21.5. The van der Waals surface area contributed by atoms with E-state index >= 15 is 8.78 Å². The Morgan fingerprint density at radius 3 is 2.24 bits per heavy atom. The van der Waals surface area contributed by atoms with Crippen LogP contribution in [0.25, 0.3) is 5.57 Å². The average molecular weight is 618 g/mol. The van der Waals surface area contributed by atoms with Gasteiger partial charge in [0.25, 0.3) is 23.4 Å². The van der Waals surface area contributed by atoms with E-state index in [0.29, 0.717) is 24.8 Å². The second-order valence-electron chi connectivity index (χ2n) is 11.3. The van der Waals surface area contributed by atoms with Crippen LogP contribution in [0.2, 0.25) is 0 Å². The van der Waals surface area contributed by atoms with Crippen LogP contribution in [0.1, 0.15) is 45.5 Å². The fraction of sp³-hybridized carbons (Fsp3) is 0.303. The molecule has 0 spiro atoms. The first-order valence-electron chi connectivity index (χ1n) is 14.6. The van der Waals surface area contributed by atoms with Crippen molar-refractivity contribution >= 4 is 40.4 Å². The van der Waals surface area contributed by atoms with Crippen molar-refractivity contribution < 1.29 is 28.1 Å². The molecule has 10 nitrogen and oxygen atoms in total. The van der Waals surface area contributed by atoms with Crippen LogP contribution >= 0.6 is 0 Å². The largest absolute Gasteiger partial charge is 0.339 e. The lowest BCUT2D eigenvalue weighted by Crippen LogP contribution is -2.44. The van der Waals surface area contributed by atoms with Crippen molar-refractivity contribution in [1.29, 1.82) is 0 Å². The summed E-state index contributed by atoms with van der Waals surface area (Å²) in [5, 5.41) is 14.8. The van der Waals surface area contributed by atoms with Gasteiger partial charge in [-0.1, -0.05) is 42.5 Å². The van der Waals surface area contributed by atoms with Gasteiger partial charge in [0.05, 0.1) is 10.6 Å². The molecule has 2 heterocycles. The minimum absolute atomic E-state index is 0.0227. The van der Waals surface area contributed by atoms with E-state index in [4.69, 9.17) is 0 Å². The standard InChI is InChI=1S/C33H33F2N5O5/c1-37(2)23-15-18-38(19-16-23)29(41)21-27-24-11-6-7-14-28(24)39(20-17-33(27,34)35)32(43)26-13-8-12-25(30(26)40(44)45)31(42)36-22-9-4-3-5-10-22/h3-14,21,23H,15-20H2,1-2H3,(H,36,42). The van der Waals surface area contributed by atoms with Gasteiger partial charge in [0.15, 0.2) is 0 Å². The zero-order chi connectivity index (χ0) is 32.3. The number of likely N-dealkylation sites (tertiary alicyclic amines) is 1. The molecular weight excluding hydrogens is 584 g/mol. The number of amides is 3. The predicted octanol–water partition coefficient (Wildman–Crippen LogP) is 5.47. The molecule has 0 unspecified atom stereocenters. The molecule has 234 valence electrons. The third-order valence-corrected chi connectivity index (χ3v) is 8.27. The third-order valence-electron chi connectivity index (χ3n) is 8.27. The van der Waals surface area contributed by atoms with Crippen LogP contribution in [-0.4, -0.2) is 78.1 Å². The lowest BCUT2D eigenvalue weighted by atomic mass is 9.96. The maximum Gasteiger partial charge on any atom is 0.294 e. The summed E-state index contributed by atoms with van der Waals surface area (Å²) < 4.78 is 31.6. The average Bonchev–Trinajstić information content (AvgIpc) is 3.14. The highest BCUT2D eigenvalue weighted by Gasteiger charge is 2.43. The lowest BCUT2D eigenvalue weighted by Gasteiger charge is -2.35. The fourth-order valence-electron chi connectivity index (χ4n) is 5.81. The molecule has 2 aliphatic rings. The van der Waals surface area contributed by atoms with Gasteiger partial charge in [-0.05, 0) is 57.3 Å². The molecular formula is C33H33F2N5O5. The number of carbonyl (C=O) groups is 3. The number of nitrogens with one attached hydrogen (secondary N) is 1. The fourth-order valence-corrected chi connectivity index (χ4v) is 5.81. The summed E-state index contributed by atoms with van der Waals surface area (Å²) in [4.78, 5) is 56.4. The first-order valence-corrected chi connectivity index (χ1v) is 14.6. The molecule has 1 fully saturated rings. The Hall–Kier alpha value is -4.97. The highest BCUT2D eigenvalue weighted by molar-refractivity contribution is 6.15. The maximum absolute atomic E-state index is 15.8. The number of benzene rings is 3. The summed E-state index contributed by atoms with van der Waals surface area (Å²) >= 11 is 0. The Morgan fingerprint density at radius 1 is 0.933 bits per heavy atom. The smallest absolute Gasteiger partial charge is 0.294 e. The number of hydrogen-bond acceptors (Lipinski definition) is 6. The van der Waals surface area contributed by atoms with E-state index in [1.807, 2.05) is 14.1 Å². The Labute approximate surface area is 259 Å². The highest BCUT2D eigenvalue weighted by Crippen LogP contribution is 2.44. The zero-order valence-electron chi connectivity index (χ0n) is 24.9. The molecule has 0 atom stereocenters. The summed E-state index contributed by atoms with van der Waals surface area (Å²) in [7, 11) is 3.93. The number of para-hydroxylation sites is 3. The number of allylic oxidation sites excluding steroid dienone is 1. The van der Waals surface area contributed by atoms with Gasteiger partial charge in [0.2, 0.25) is 5.91 Å². The number of nitro benzene ring substituents is 1. The van der Waals surface area contributed by atoms with Crippen LogP contribution in [0.15, 0.2) is 78.9 Å². The topological polar surface area (TPSA) is 116 Å². The molecule has 1 N–H and O–H groups in total. The van der Waals surface area contributed by atoms with Gasteiger partial charge in [0.1, 0.15) is 11.1 Å². The van der Waals surface area contributed by atoms with Crippen LogP contribution in [0.4, 0.5) is 25.8 Å². The summed E-state index contributed by atoms with van der Waals surface area (Å²) in [6.45, 7) is 0.377. The van der Waals surface area contributed by atoms with Crippen molar-refractivity contribution in [3.63, 3.8) is 0 Å². The number of rotatable bonds is 6.